The van der Waals surface area contributed by atoms with Crippen LogP contribution in [0.5, 0.6) is 5.75 Å². The summed E-state index contributed by atoms with van der Waals surface area (Å²) in [5, 5.41) is 14.9. The summed E-state index contributed by atoms with van der Waals surface area (Å²) in [5.41, 5.74) is 3.44. The summed E-state index contributed by atoms with van der Waals surface area (Å²) in [6.07, 6.45) is -0.768. The Morgan fingerprint density at radius 1 is 0.943 bits per heavy atom. The van der Waals surface area contributed by atoms with Gasteiger partial charge in [0.1, 0.15) is 5.75 Å². The van der Waals surface area contributed by atoms with Crippen molar-refractivity contribution in [3.8, 4) is 5.75 Å². The number of carboxylic acid groups (broad SMARTS) is 1. The van der Waals surface area contributed by atoms with Gasteiger partial charge in [0.05, 0.1) is 23.8 Å². The molecule has 1 unspecified atom stereocenters. The van der Waals surface area contributed by atoms with E-state index in [2.05, 4.69) is 23.5 Å². The van der Waals surface area contributed by atoms with E-state index >= 15 is 0 Å². The van der Waals surface area contributed by atoms with Crippen molar-refractivity contribution < 1.29 is 19.4 Å². The fraction of sp³-hybridized carbons (Fsp3) is 0.172. The molecule has 1 aliphatic rings. The van der Waals surface area contributed by atoms with E-state index in [4.69, 9.17) is 4.74 Å². The maximum absolute atomic E-state index is 13.4. The number of carbonyl (C=O) groups excluding carboxylic acids is 1. The molecule has 0 radical (unpaired) electrons. The van der Waals surface area contributed by atoms with Crippen LogP contribution < -0.4 is 15.0 Å². The molecule has 4 aromatic rings. The molecule has 5 rings (SSSR count). The average Bonchev–Trinajstić information content (AvgIpc) is 2.87. The van der Waals surface area contributed by atoms with E-state index in [1.54, 1.807) is 19.1 Å². The van der Waals surface area contributed by atoms with Gasteiger partial charge < -0.3 is 20.1 Å². The normalized spacial score (nSPS) is 15.7. The average molecular weight is 467 g/mol. The van der Waals surface area contributed by atoms with Gasteiger partial charge in [-0.2, -0.15) is 0 Å². The minimum Gasteiger partial charge on any atom is -0.478 e. The van der Waals surface area contributed by atoms with Crippen LogP contribution in [0.2, 0.25) is 0 Å². The topological polar surface area (TPSA) is 78.9 Å². The van der Waals surface area contributed by atoms with Crippen molar-refractivity contribution >= 4 is 34.0 Å². The number of hydrogen-bond acceptors (Lipinski definition) is 4. The summed E-state index contributed by atoms with van der Waals surface area (Å²) >= 11 is 0. The SMILES string of the molecule is Cc1c(C(=O)O)cccc1N1CC(C(=O)N[C@H](C)c2cccc3ccccc23)Oc2ccccc21. The smallest absolute Gasteiger partial charge is 0.336 e. The molecule has 0 fully saturated rings. The molecule has 0 bridgehead atoms. The van der Waals surface area contributed by atoms with Crippen LogP contribution in [0.3, 0.4) is 0 Å². The Bertz CT molecular complexity index is 1430. The summed E-state index contributed by atoms with van der Waals surface area (Å²) < 4.78 is 6.12. The maximum atomic E-state index is 13.4. The maximum Gasteiger partial charge on any atom is 0.336 e. The summed E-state index contributed by atoms with van der Waals surface area (Å²) in [4.78, 5) is 27.1. The first kappa shape index (κ1) is 22.5. The first-order valence-electron chi connectivity index (χ1n) is 11.6. The number of carboxylic acids is 1. The van der Waals surface area contributed by atoms with Crippen LogP contribution in [-0.4, -0.2) is 29.6 Å². The van der Waals surface area contributed by atoms with Gasteiger partial charge in [0.15, 0.2) is 6.10 Å². The fourth-order valence-electron chi connectivity index (χ4n) is 4.76. The molecule has 2 atom stereocenters. The zero-order valence-corrected chi connectivity index (χ0v) is 19.6. The molecule has 0 aromatic heterocycles. The van der Waals surface area contributed by atoms with Crippen LogP contribution in [-0.2, 0) is 4.79 Å². The number of nitrogens with zero attached hydrogens (tertiary/aromatic N) is 1. The van der Waals surface area contributed by atoms with E-state index < -0.39 is 12.1 Å². The second kappa shape index (κ2) is 9.14. The van der Waals surface area contributed by atoms with Crippen LogP contribution in [0, 0.1) is 6.92 Å². The number of fused-ring (bicyclic) bond motifs is 2. The van der Waals surface area contributed by atoms with Crippen molar-refractivity contribution in [1.82, 2.24) is 5.32 Å². The summed E-state index contributed by atoms with van der Waals surface area (Å²) in [6.45, 7) is 4.01. The van der Waals surface area contributed by atoms with Crippen LogP contribution in [0.15, 0.2) is 84.9 Å². The number of nitrogens with one attached hydrogen (secondary N) is 1. The zero-order valence-electron chi connectivity index (χ0n) is 19.6. The number of anilines is 2. The quantitative estimate of drug-likeness (QED) is 0.399. The molecule has 6 heteroatoms. The number of amides is 1. The largest absolute Gasteiger partial charge is 0.478 e. The molecule has 2 N–H and O–H groups in total. The second-order valence-corrected chi connectivity index (χ2v) is 8.74. The lowest BCUT2D eigenvalue weighted by molar-refractivity contribution is -0.128. The Balaban J connectivity index is 1.45. The molecular weight excluding hydrogens is 440 g/mol. The van der Waals surface area contributed by atoms with Gasteiger partial charge in [0.25, 0.3) is 5.91 Å². The molecule has 1 heterocycles. The standard InChI is InChI=1S/C29H26N2O4/c1-18-21(29(33)34)12-8-15-24(18)31-17-27(35-26-16-6-5-14-25(26)31)28(32)30-19(2)22-13-7-10-20-9-3-4-11-23(20)22/h3-16,19,27H,17H2,1-2H3,(H,30,32)(H,33,34)/t19-,27?/m1/s1. The molecule has 0 saturated carbocycles. The van der Waals surface area contributed by atoms with E-state index in [0.29, 0.717) is 11.3 Å². The van der Waals surface area contributed by atoms with Gasteiger partial charge in [-0.25, -0.2) is 4.79 Å². The summed E-state index contributed by atoms with van der Waals surface area (Å²) in [6, 6.07) is 26.6. The number of rotatable bonds is 5. The van der Waals surface area contributed by atoms with E-state index in [1.807, 2.05) is 66.4 Å². The predicted octanol–water partition coefficient (Wildman–Crippen LogP) is 5.62. The molecule has 0 aliphatic carbocycles. The highest BCUT2D eigenvalue weighted by Crippen LogP contribution is 2.40. The van der Waals surface area contributed by atoms with Crippen LogP contribution in [0.25, 0.3) is 10.8 Å². The van der Waals surface area contributed by atoms with Crippen LogP contribution in [0.1, 0.15) is 34.5 Å². The first-order valence-corrected chi connectivity index (χ1v) is 11.6. The molecule has 1 amide bonds. The van der Waals surface area contributed by atoms with Crippen molar-refractivity contribution in [3.63, 3.8) is 0 Å². The monoisotopic (exact) mass is 466 g/mol. The Morgan fingerprint density at radius 2 is 1.63 bits per heavy atom. The van der Waals surface area contributed by atoms with Gasteiger partial charge in [-0.15, -0.1) is 0 Å². The van der Waals surface area contributed by atoms with Gasteiger partial charge in [-0.3, -0.25) is 4.79 Å². The lowest BCUT2D eigenvalue weighted by atomic mass is 9.99. The lowest BCUT2D eigenvalue weighted by Crippen LogP contribution is -2.48. The minimum atomic E-state index is -0.982. The van der Waals surface area contributed by atoms with Gasteiger partial charge in [0.2, 0.25) is 0 Å². The third kappa shape index (κ3) is 4.19. The molecule has 0 saturated heterocycles. The number of hydrogen-bond donors (Lipinski definition) is 2. The van der Waals surface area contributed by atoms with Crippen LogP contribution in [0.4, 0.5) is 11.4 Å². The third-order valence-corrected chi connectivity index (χ3v) is 6.54. The number of benzene rings is 4. The van der Waals surface area contributed by atoms with Crippen molar-refractivity contribution in [2.75, 3.05) is 11.4 Å². The number of aromatic carboxylic acids is 1. The third-order valence-electron chi connectivity index (χ3n) is 6.54. The Kier molecular flexibility index (Phi) is 5.87. The van der Waals surface area contributed by atoms with E-state index in [1.165, 1.54) is 0 Å². The Morgan fingerprint density at radius 3 is 2.46 bits per heavy atom. The summed E-state index contributed by atoms with van der Waals surface area (Å²) in [7, 11) is 0. The van der Waals surface area contributed by atoms with Crippen molar-refractivity contribution in [2.24, 2.45) is 0 Å². The molecule has 6 nitrogen and oxygen atoms in total. The van der Waals surface area contributed by atoms with E-state index in [9.17, 15) is 14.7 Å². The zero-order chi connectivity index (χ0) is 24.5. The Hall–Kier alpha value is -4.32. The first-order chi connectivity index (χ1) is 16.9. The predicted molar refractivity (Wildman–Crippen MR) is 137 cm³/mol. The van der Waals surface area contributed by atoms with Crippen LogP contribution >= 0.6 is 0 Å². The molecular formula is C29H26N2O4. The minimum absolute atomic E-state index is 0.222. The highest BCUT2D eigenvalue weighted by atomic mass is 16.5. The lowest BCUT2D eigenvalue weighted by Gasteiger charge is -2.37. The fourth-order valence-corrected chi connectivity index (χ4v) is 4.76. The van der Waals surface area contributed by atoms with Gasteiger partial charge in [-0.1, -0.05) is 60.7 Å². The number of carbonyl (C=O) groups is 2. The number of ether oxygens (including phenoxy) is 1. The molecule has 1 aliphatic heterocycles. The van der Waals surface area contributed by atoms with Crippen molar-refractivity contribution in [3.05, 3.63) is 102 Å². The van der Waals surface area contributed by atoms with Gasteiger partial charge in [0, 0.05) is 5.69 Å². The molecule has 35 heavy (non-hydrogen) atoms. The molecule has 4 aromatic carbocycles. The van der Waals surface area contributed by atoms with Gasteiger partial charge >= 0.3 is 5.97 Å². The van der Waals surface area contributed by atoms with Gasteiger partial charge in [-0.05, 0) is 60.0 Å². The van der Waals surface area contributed by atoms with E-state index in [-0.39, 0.29) is 24.1 Å². The highest BCUT2D eigenvalue weighted by Gasteiger charge is 2.33. The Labute approximate surface area is 203 Å². The van der Waals surface area contributed by atoms with Crippen molar-refractivity contribution in [2.45, 2.75) is 26.0 Å². The van der Waals surface area contributed by atoms with Crippen molar-refractivity contribution in [1.29, 1.82) is 0 Å². The second-order valence-electron chi connectivity index (χ2n) is 8.74. The van der Waals surface area contributed by atoms with E-state index in [0.717, 1.165) is 27.7 Å². The molecule has 176 valence electrons. The highest BCUT2D eigenvalue weighted by molar-refractivity contribution is 5.93. The number of para-hydroxylation sites is 2. The molecule has 0 spiro atoms. The summed E-state index contributed by atoms with van der Waals surface area (Å²) in [5.74, 6) is -0.627.